The molecule has 1 aliphatic rings. The van der Waals surface area contributed by atoms with Crippen LogP contribution < -0.4 is 5.32 Å². The molecule has 0 radical (unpaired) electrons. The summed E-state index contributed by atoms with van der Waals surface area (Å²) in [7, 11) is 0. The summed E-state index contributed by atoms with van der Waals surface area (Å²) in [6.07, 6.45) is -0.325. The summed E-state index contributed by atoms with van der Waals surface area (Å²) in [4.78, 5) is 0. The van der Waals surface area contributed by atoms with E-state index in [1.165, 1.54) is 6.07 Å². The van der Waals surface area contributed by atoms with Crippen LogP contribution in [0.4, 0.5) is 4.39 Å². The molecule has 1 aromatic rings. The molecule has 14 heavy (non-hydrogen) atoms. The Labute approximate surface area is 87.0 Å². The normalized spacial score (nSPS) is 26.8. The van der Waals surface area contributed by atoms with E-state index in [4.69, 9.17) is 16.3 Å². The zero-order valence-electron chi connectivity index (χ0n) is 7.76. The lowest BCUT2D eigenvalue weighted by molar-refractivity contribution is 0.0489. The summed E-state index contributed by atoms with van der Waals surface area (Å²) >= 11 is 5.90. The Kier molecular flexibility index (Phi) is 2.72. The SMILES string of the molecule is CC1CNC(c2c(F)cccc2Cl)O1. The van der Waals surface area contributed by atoms with Gasteiger partial charge < -0.3 is 4.74 Å². The molecule has 1 heterocycles. The van der Waals surface area contributed by atoms with Crippen LogP contribution in [0.5, 0.6) is 0 Å². The van der Waals surface area contributed by atoms with E-state index in [0.29, 0.717) is 10.6 Å². The first kappa shape index (κ1) is 9.90. The smallest absolute Gasteiger partial charge is 0.139 e. The topological polar surface area (TPSA) is 21.3 Å². The minimum Gasteiger partial charge on any atom is -0.355 e. The molecule has 1 saturated heterocycles. The standard InChI is InChI=1S/C10H11ClFNO/c1-6-5-13-10(14-6)9-7(11)3-2-4-8(9)12/h2-4,6,10,13H,5H2,1H3. The van der Waals surface area contributed by atoms with Crippen molar-refractivity contribution in [1.29, 1.82) is 0 Å². The van der Waals surface area contributed by atoms with Gasteiger partial charge in [0.05, 0.1) is 11.1 Å². The molecule has 76 valence electrons. The van der Waals surface area contributed by atoms with E-state index in [2.05, 4.69) is 5.32 Å². The van der Waals surface area contributed by atoms with Crippen molar-refractivity contribution >= 4 is 11.6 Å². The van der Waals surface area contributed by atoms with Crippen LogP contribution in [0.15, 0.2) is 18.2 Å². The van der Waals surface area contributed by atoms with Crippen LogP contribution in [0.2, 0.25) is 5.02 Å². The highest BCUT2D eigenvalue weighted by Crippen LogP contribution is 2.29. The first-order chi connectivity index (χ1) is 6.68. The van der Waals surface area contributed by atoms with Crippen molar-refractivity contribution in [2.24, 2.45) is 0 Å². The van der Waals surface area contributed by atoms with E-state index in [1.54, 1.807) is 12.1 Å². The lowest BCUT2D eigenvalue weighted by atomic mass is 10.2. The van der Waals surface area contributed by atoms with Crippen LogP contribution in [-0.2, 0) is 4.74 Å². The van der Waals surface area contributed by atoms with Gasteiger partial charge in [-0.1, -0.05) is 17.7 Å². The van der Waals surface area contributed by atoms with E-state index in [0.717, 1.165) is 6.54 Å². The van der Waals surface area contributed by atoms with Gasteiger partial charge in [0.15, 0.2) is 0 Å². The van der Waals surface area contributed by atoms with Crippen molar-refractivity contribution in [3.05, 3.63) is 34.6 Å². The molecule has 2 unspecified atom stereocenters. The molecule has 0 saturated carbocycles. The molecule has 1 aliphatic heterocycles. The van der Waals surface area contributed by atoms with Gasteiger partial charge in [-0.2, -0.15) is 0 Å². The van der Waals surface area contributed by atoms with Crippen LogP contribution >= 0.6 is 11.6 Å². The van der Waals surface area contributed by atoms with Gasteiger partial charge in [0.25, 0.3) is 0 Å². The van der Waals surface area contributed by atoms with Gasteiger partial charge in [-0.05, 0) is 19.1 Å². The van der Waals surface area contributed by atoms with Crippen molar-refractivity contribution in [3.8, 4) is 0 Å². The highest BCUT2D eigenvalue weighted by Gasteiger charge is 2.26. The molecule has 0 spiro atoms. The van der Waals surface area contributed by atoms with Crippen molar-refractivity contribution in [2.75, 3.05) is 6.54 Å². The van der Waals surface area contributed by atoms with Crippen molar-refractivity contribution in [1.82, 2.24) is 5.32 Å². The molecule has 2 atom stereocenters. The van der Waals surface area contributed by atoms with Crippen molar-refractivity contribution < 1.29 is 9.13 Å². The molecule has 1 N–H and O–H groups in total. The van der Waals surface area contributed by atoms with Gasteiger partial charge in [0.1, 0.15) is 12.0 Å². The summed E-state index contributed by atoms with van der Waals surface area (Å²) in [6, 6.07) is 4.63. The fourth-order valence-electron chi connectivity index (χ4n) is 1.53. The highest BCUT2D eigenvalue weighted by atomic mass is 35.5. The molecule has 0 aliphatic carbocycles. The average molecular weight is 216 g/mol. The molecule has 1 aromatic carbocycles. The minimum absolute atomic E-state index is 0.0932. The lowest BCUT2D eigenvalue weighted by Gasteiger charge is -2.13. The quantitative estimate of drug-likeness (QED) is 0.777. The van der Waals surface area contributed by atoms with Crippen LogP contribution in [-0.4, -0.2) is 12.6 Å². The summed E-state index contributed by atoms with van der Waals surface area (Å²) in [5.41, 5.74) is 0.401. The van der Waals surface area contributed by atoms with Crippen LogP contribution in [0.3, 0.4) is 0 Å². The van der Waals surface area contributed by atoms with Gasteiger partial charge in [-0.15, -0.1) is 0 Å². The number of nitrogens with one attached hydrogen (secondary N) is 1. The van der Waals surface area contributed by atoms with Gasteiger partial charge in [0.2, 0.25) is 0 Å². The maximum atomic E-state index is 13.4. The van der Waals surface area contributed by atoms with E-state index in [9.17, 15) is 4.39 Å². The Hall–Kier alpha value is -0.640. The van der Waals surface area contributed by atoms with E-state index in [1.807, 2.05) is 6.92 Å². The van der Waals surface area contributed by atoms with Crippen molar-refractivity contribution in [2.45, 2.75) is 19.3 Å². The third-order valence-electron chi connectivity index (χ3n) is 2.22. The maximum absolute atomic E-state index is 13.4. The first-order valence-corrected chi connectivity index (χ1v) is 4.89. The number of ether oxygens (including phenoxy) is 1. The monoisotopic (exact) mass is 215 g/mol. The Balaban J connectivity index is 2.31. The van der Waals surface area contributed by atoms with Crippen LogP contribution in [0.1, 0.15) is 18.7 Å². The number of benzene rings is 1. The zero-order chi connectivity index (χ0) is 10.1. The lowest BCUT2D eigenvalue weighted by Crippen LogP contribution is -2.16. The average Bonchev–Trinajstić information content (AvgIpc) is 2.51. The Morgan fingerprint density at radius 3 is 2.93 bits per heavy atom. The number of hydrogen-bond donors (Lipinski definition) is 1. The Morgan fingerprint density at radius 2 is 2.36 bits per heavy atom. The summed E-state index contributed by atoms with van der Waals surface area (Å²) in [5, 5.41) is 3.46. The predicted octanol–water partition coefficient (Wildman–Crippen LogP) is 2.49. The Morgan fingerprint density at radius 1 is 1.57 bits per heavy atom. The second-order valence-electron chi connectivity index (χ2n) is 3.37. The van der Waals surface area contributed by atoms with E-state index < -0.39 is 6.23 Å². The number of rotatable bonds is 1. The van der Waals surface area contributed by atoms with Crippen LogP contribution in [0.25, 0.3) is 0 Å². The third-order valence-corrected chi connectivity index (χ3v) is 2.55. The third kappa shape index (κ3) is 1.75. The first-order valence-electron chi connectivity index (χ1n) is 4.51. The minimum atomic E-state index is -0.418. The highest BCUT2D eigenvalue weighted by molar-refractivity contribution is 6.31. The molecule has 4 heteroatoms. The van der Waals surface area contributed by atoms with Gasteiger partial charge in [0, 0.05) is 12.1 Å². The largest absolute Gasteiger partial charge is 0.355 e. The molecule has 0 aromatic heterocycles. The summed E-state index contributed by atoms with van der Waals surface area (Å²) in [5.74, 6) is -0.330. The van der Waals surface area contributed by atoms with Gasteiger partial charge in [-0.3, -0.25) is 5.32 Å². The molecule has 2 rings (SSSR count). The second-order valence-corrected chi connectivity index (χ2v) is 3.78. The fraction of sp³-hybridized carbons (Fsp3) is 0.400. The molecule has 0 amide bonds. The maximum Gasteiger partial charge on any atom is 0.139 e. The van der Waals surface area contributed by atoms with E-state index in [-0.39, 0.29) is 11.9 Å². The molecular weight excluding hydrogens is 205 g/mol. The molecule has 0 bridgehead atoms. The van der Waals surface area contributed by atoms with Gasteiger partial charge >= 0.3 is 0 Å². The summed E-state index contributed by atoms with van der Waals surface area (Å²) < 4.78 is 18.9. The predicted molar refractivity (Wildman–Crippen MR) is 52.7 cm³/mol. The summed E-state index contributed by atoms with van der Waals surface area (Å²) in [6.45, 7) is 2.65. The zero-order valence-corrected chi connectivity index (χ0v) is 8.51. The Bertz CT molecular complexity index is 325. The molecular formula is C10H11ClFNO. The molecule has 1 fully saturated rings. The molecule has 2 nitrogen and oxygen atoms in total. The fourth-order valence-corrected chi connectivity index (χ4v) is 1.79. The number of hydrogen-bond acceptors (Lipinski definition) is 2. The number of halogens is 2. The second kappa shape index (κ2) is 3.85. The van der Waals surface area contributed by atoms with Crippen LogP contribution in [0, 0.1) is 5.82 Å². The van der Waals surface area contributed by atoms with Crippen molar-refractivity contribution in [3.63, 3.8) is 0 Å². The van der Waals surface area contributed by atoms with Gasteiger partial charge in [-0.25, -0.2) is 4.39 Å². The van der Waals surface area contributed by atoms with E-state index >= 15 is 0 Å².